The largest absolute Gasteiger partial charge is 0.372 e. The Bertz CT molecular complexity index is 787. The molecule has 0 spiro atoms. The Morgan fingerprint density at radius 2 is 1.68 bits per heavy atom. The van der Waals surface area contributed by atoms with Gasteiger partial charge >= 0.3 is 0 Å². The zero-order valence-corrected chi connectivity index (χ0v) is 16.2. The van der Waals surface area contributed by atoms with Crippen LogP contribution in [-0.4, -0.2) is 25.5 Å². The smallest absolute Gasteiger partial charge is 0.238 e. The van der Waals surface area contributed by atoms with E-state index in [9.17, 15) is 13.6 Å². The Kier molecular flexibility index (Phi) is 6.98. The Morgan fingerprint density at radius 1 is 1.00 bits per heavy atom. The van der Waals surface area contributed by atoms with Crippen LogP contribution >= 0.6 is 0 Å². The van der Waals surface area contributed by atoms with Crippen molar-refractivity contribution < 1.29 is 13.6 Å². The van der Waals surface area contributed by atoms with Crippen molar-refractivity contribution >= 4 is 17.3 Å². The van der Waals surface area contributed by atoms with Crippen molar-refractivity contribution in [1.82, 2.24) is 5.32 Å². The van der Waals surface area contributed by atoms with Crippen molar-refractivity contribution in [3.63, 3.8) is 0 Å². The quantitative estimate of drug-likeness (QED) is 0.759. The van der Waals surface area contributed by atoms with Crippen LogP contribution in [-0.2, 0) is 4.79 Å². The maximum atomic E-state index is 13.3. The first kappa shape index (κ1) is 20.3. The molecule has 1 amide bonds. The summed E-state index contributed by atoms with van der Waals surface area (Å²) in [7, 11) is 0. The van der Waals surface area contributed by atoms with E-state index in [0.29, 0.717) is 5.56 Å². The molecule has 0 aliphatic carbocycles. The van der Waals surface area contributed by atoms with Gasteiger partial charge in [0.05, 0.1) is 6.54 Å². The average molecular weight is 387 g/mol. The van der Waals surface area contributed by atoms with Gasteiger partial charge in [0.25, 0.3) is 0 Å². The first-order valence-corrected chi connectivity index (χ1v) is 9.86. The lowest BCUT2D eigenvalue weighted by Gasteiger charge is -2.22. The van der Waals surface area contributed by atoms with Gasteiger partial charge in [0.1, 0.15) is 0 Å². The molecule has 0 unspecified atom stereocenters. The predicted molar refractivity (Wildman–Crippen MR) is 109 cm³/mol. The van der Waals surface area contributed by atoms with E-state index >= 15 is 0 Å². The highest BCUT2D eigenvalue weighted by Gasteiger charge is 2.12. The molecular weight excluding hydrogens is 360 g/mol. The minimum Gasteiger partial charge on any atom is -0.372 e. The molecule has 6 heteroatoms. The minimum atomic E-state index is -0.889. The number of rotatable bonds is 6. The number of nitrogens with zero attached hydrogens (tertiary/aromatic N) is 1. The summed E-state index contributed by atoms with van der Waals surface area (Å²) in [5.74, 6) is -1.95. The van der Waals surface area contributed by atoms with E-state index in [-0.39, 0.29) is 18.5 Å². The van der Waals surface area contributed by atoms with Crippen molar-refractivity contribution in [3.8, 4) is 0 Å². The van der Waals surface area contributed by atoms with E-state index in [0.717, 1.165) is 30.9 Å². The number of hydrogen-bond donors (Lipinski definition) is 2. The van der Waals surface area contributed by atoms with E-state index in [4.69, 9.17) is 0 Å². The van der Waals surface area contributed by atoms with Crippen molar-refractivity contribution in [2.45, 2.75) is 38.6 Å². The van der Waals surface area contributed by atoms with Gasteiger partial charge in [-0.3, -0.25) is 4.79 Å². The van der Waals surface area contributed by atoms with E-state index in [1.807, 2.05) is 24.3 Å². The van der Waals surface area contributed by atoms with Crippen LogP contribution in [0.4, 0.5) is 20.2 Å². The van der Waals surface area contributed by atoms with Gasteiger partial charge in [-0.2, -0.15) is 0 Å². The second-order valence-corrected chi connectivity index (χ2v) is 7.27. The average Bonchev–Trinajstić information content (AvgIpc) is 2.98. The number of carbonyl (C=O) groups excluding carboxylic acids is 1. The van der Waals surface area contributed by atoms with Crippen LogP contribution in [0.5, 0.6) is 0 Å². The molecule has 0 bridgehead atoms. The third kappa shape index (κ3) is 5.52. The lowest BCUT2D eigenvalue weighted by atomic mass is 10.1. The van der Waals surface area contributed by atoms with Gasteiger partial charge in [-0.05, 0) is 61.7 Å². The second-order valence-electron chi connectivity index (χ2n) is 7.27. The Labute approximate surface area is 164 Å². The SMILES string of the molecule is C[C@H](NCC(=O)Nc1ccc(N2CCCCCC2)cc1)c1ccc(F)c(F)c1. The summed E-state index contributed by atoms with van der Waals surface area (Å²) in [4.78, 5) is 14.6. The van der Waals surface area contributed by atoms with E-state index in [2.05, 4.69) is 15.5 Å². The van der Waals surface area contributed by atoms with Crippen LogP contribution in [0.3, 0.4) is 0 Å². The molecule has 2 N–H and O–H groups in total. The van der Waals surface area contributed by atoms with Gasteiger partial charge in [0, 0.05) is 30.5 Å². The highest BCUT2D eigenvalue weighted by atomic mass is 19.2. The standard InChI is InChI=1S/C22H27F2N3O/c1-16(17-6-11-20(23)21(24)14-17)25-15-22(28)26-18-7-9-19(10-8-18)27-12-4-2-3-5-13-27/h6-11,14,16,25H,2-5,12-13,15H2,1H3,(H,26,28)/t16-/m0/s1. The molecule has 1 heterocycles. The molecule has 0 radical (unpaired) electrons. The van der Waals surface area contributed by atoms with Crippen LogP contribution in [0.25, 0.3) is 0 Å². The maximum absolute atomic E-state index is 13.3. The second kappa shape index (κ2) is 9.64. The number of hydrogen-bond acceptors (Lipinski definition) is 3. The number of carbonyl (C=O) groups is 1. The van der Waals surface area contributed by atoms with Crippen LogP contribution in [0.2, 0.25) is 0 Å². The molecular formula is C22H27F2N3O. The van der Waals surface area contributed by atoms with Crippen molar-refractivity contribution in [2.75, 3.05) is 29.9 Å². The highest BCUT2D eigenvalue weighted by Crippen LogP contribution is 2.21. The van der Waals surface area contributed by atoms with Crippen molar-refractivity contribution in [3.05, 3.63) is 59.7 Å². The molecule has 1 fully saturated rings. The predicted octanol–water partition coefficient (Wildman–Crippen LogP) is 4.63. The maximum Gasteiger partial charge on any atom is 0.238 e. The van der Waals surface area contributed by atoms with Gasteiger partial charge in [-0.25, -0.2) is 8.78 Å². The number of nitrogens with one attached hydrogen (secondary N) is 2. The van der Waals surface area contributed by atoms with Gasteiger partial charge in [0.15, 0.2) is 11.6 Å². The Hall–Kier alpha value is -2.47. The number of anilines is 2. The van der Waals surface area contributed by atoms with E-state index in [1.54, 1.807) is 6.92 Å². The molecule has 150 valence electrons. The molecule has 4 nitrogen and oxygen atoms in total. The first-order valence-electron chi connectivity index (χ1n) is 9.86. The van der Waals surface area contributed by atoms with Crippen LogP contribution in [0.15, 0.2) is 42.5 Å². The molecule has 28 heavy (non-hydrogen) atoms. The topological polar surface area (TPSA) is 44.4 Å². The van der Waals surface area contributed by atoms with E-state index in [1.165, 1.54) is 37.4 Å². The number of amides is 1. The number of halogens is 2. The summed E-state index contributed by atoms with van der Waals surface area (Å²) < 4.78 is 26.4. The monoisotopic (exact) mass is 387 g/mol. The first-order chi connectivity index (χ1) is 13.5. The van der Waals surface area contributed by atoms with Crippen LogP contribution < -0.4 is 15.5 Å². The molecule has 2 aromatic rings. The third-order valence-electron chi connectivity index (χ3n) is 5.13. The molecule has 1 aliphatic heterocycles. The van der Waals surface area contributed by atoms with Gasteiger partial charge in [-0.1, -0.05) is 18.9 Å². The summed E-state index contributed by atoms with van der Waals surface area (Å²) >= 11 is 0. The fourth-order valence-electron chi connectivity index (χ4n) is 3.44. The molecule has 1 atom stereocenters. The lowest BCUT2D eigenvalue weighted by molar-refractivity contribution is -0.115. The Morgan fingerprint density at radius 3 is 2.32 bits per heavy atom. The fourth-order valence-corrected chi connectivity index (χ4v) is 3.44. The lowest BCUT2D eigenvalue weighted by Crippen LogP contribution is -2.30. The van der Waals surface area contributed by atoms with Gasteiger partial charge in [0.2, 0.25) is 5.91 Å². The normalized spacial score (nSPS) is 15.8. The molecule has 0 saturated carbocycles. The van der Waals surface area contributed by atoms with Gasteiger partial charge < -0.3 is 15.5 Å². The summed E-state index contributed by atoms with van der Waals surface area (Å²) in [5.41, 5.74) is 2.52. The molecule has 1 saturated heterocycles. The van der Waals surface area contributed by atoms with Crippen LogP contribution in [0, 0.1) is 11.6 Å². The summed E-state index contributed by atoms with van der Waals surface area (Å²) in [6, 6.07) is 11.4. The zero-order valence-electron chi connectivity index (χ0n) is 16.2. The zero-order chi connectivity index (χ0) is 19.9. The summed E-state index contributed by atoms with van der Waals surface area (Å²) in [5, 5.41) is 5.88. The fraction of sp³-hybridized carbons (Fsp3) is 0.409. The minimum absolute atomic E-state index is 0.0774. The third-order valence-corrected chi connectivity index (χ3v) is 5.13. The van der Waals surface area contributed by atoms with Gasteiger partial charge in [-0.15, -0.1) is 0 Å². The molecule has 2 aromatic carbocycles. The van der Waals surface area contributed by atoms with Crippen molar-refractivity contribution in [1.29, 1.82) is 0 Å². The molecule has 0 aromatic heterocycles. The highest BCUT2D eigenvalue weighted by molar-refractivity contribution is 5.92. The van der Waals surface area contributed by atoms with Crippen molar-refractivity contribution in [2.24, 2.45) is 0 Å². The molecule has 3 rings (SSSR count). The summed E-state index contributed by atoms with van der Waals surface area (Å²) in [6.07, 6.45) is 5.03. The molecule has 1 aliphatic rings. The number of benzene rings is 2. The Balaban J connectivity index is 1.49. The van der Waals surface area contributed by atoms with E-state index < -0.39 is 11.6 Å². The van der Waals surface area contributed by atoms with Crippen LogP contribution in [0.1, 0.15) is 44.2 Å². The summed E-state index contributed by atoms with van der Waals surface area (Å²) in [6.45, 7) is 4.04.